The van der Waals surface area contributed by atoms with Gasteiger partial charge in [0.2, 0.25) is 0 Å². The van der Waals surface area contributed by atoms with E-state index in [0.717, 1.165) is 25.3 Å². The molecule has 3 N–H and O–H groups in total. The number of rotatable bonds is 3. The van der Waals surface area contributed by atoms with Crippen molar-refractivity contribution in [1.29, 1.82) is 0 Å². The first-order chi connectivity index (χ1) is 6.84. The smallest absolute Gasteiger partial charge is 0.304 e. The van der Waals surface area contributed by atoms with Crippen molar-refractivity contribution in [2.45, 2.75) is 25.4 Å². The van der Waals surface area contributed by atoms with Crippen LogP contribution >= 0.6 is 11.3 Å². The Morgan fingerprint density at radius 1 is 1.64 bits per heavy atom. The molecule has 2 heterocycles. The fraction of sp³-hybridized carbons (Fsp3) is 0.667. The highest BCUT2D eigenvalue weighted by Gasteiger charge is 2.11. The summed E-state index contributed by atoms with van der Waals surface area (Å²) in [6.07, 6.45) is 2.46. The van der Waals surface area contributed by atoms with Gasteiger partial charge in [0.05, 0.1) is 0 Å². The number of hydrogen-bond acceptors (Lipinski definition) is 4. The van der Waals surface area contributed by atoms with E-state index in [0.29, 0.717) is 6.04 Å². The Morgan fingerprint density at radius 2 is 2.57 bits per heavy atom. The minimum atomic E-state index is 0.0311. The van der Waals surface area contributed by atoms with Crippen LogP contribution < -0.4 is 15.5 Å². The van der Waals surface area contributed by atoms with Gasteiger partial charge >= 0.3 is 4.87 Å². The van der Waals surface area contributed by atoms with Crippen LogP contribution in [-0.2, 0) is 6.54 Å². The molecule has 0 bridgehead atoms. The SMILES string of the molecule is O=c1[nH]c(CNC2CCCNC2)cs1. The van der Waals surface area contributed by atoms with Crippen molar-refractivity contribution in [2.75, 3.05) is 13.1 Å². The molecule has 0 aromatic carbocycles. The fourth-order valence-electron chi connectivity index (χ4n) is 1.68. The molecule has 1 aliphatic heterocycles. The van der Waals surface area contributed by atoms with Crippen molar-refractivity contribution in [2.24, 2.45) is 0 Å². The first kappa shape index (κ1) is 9.89. The molecule has 1 fully saturated rings. The van der Waals surface area contributed by atoms with Gasteiger partial charge in [-0.25, -0.2) is 0 Å². The summed E-state index contributed by atoms with van der Waals surface area (Å²) in [5, 5.41) is 8.65. The van der Waals surface area contributed by atoms with Crippen molar-refractivity contribution in [3.63, 3.8) is 0 Å². The Balaban J connectivity index is 1.78. The molecule has 4 nitrogen and oxygen atoms in total. The van der Waals surface area contributed by atoms with E-state index in [1.807, 2.05) is 5.38 Å². The third-order valence-electron chi connectivity index (χ3n) is 2.45. The summed E-state index contributed by atoms with van der Waals surface area (Å²) < 4.78 is 0. The molecule has 1 atom stereocenters. The minimum Gasteiger partial charge on any atom is -0.315 e. The number of aromatic amines is 1. The third kappa shape index (κ3) is 2.67. The summed E-state index contributed by atoms with van der Waals surface area (Å²) in [5.74, 6) is 0. The molecule has 2 rings (SSSR count). The van der Waals surface area contributed by atoms with Crippen LogP contribution in [0.15, 0.2) is 10.2 Å². The van der Waals surface area contributed by atoms with Gasteiger partial charge < -0.3 is 15.6 Å². The zero-order chi connectivity index (χ0) is 9.80. The van der Waals surface area contributed by atoms with Crippen molar-refractivity contribution in [3.8, 4) is 0 Å². The number of aromatic nitrogens is 1. The van der Waals surface area contributed by atoms with E-state index in [4.69, 9.17) is 0 Å². The first-order valence-electron chi connectivity index (χ1n) is 4.95. The molecule has 14 heavy (non-hydrogen) atoms. The van der Waals surface area contributed by atoms with Gasteiger partial charge in [0.15, 0.2) is 0 Å². The van der Waals surface area contributed by atoms with Crippen LogP contribution in [0.2, 0.25) is 0 Å². The predicted molar refractivity (Wildman–Crippen MR) is 57.7 cm³/mol. The highest BCUT2D eigenvalue weighted by atomic mass is 32.1. The minimum absolute atomic E-state index is 0.0311. The van der Waals surface area contributed by atoms with E-state index in [1.165, 1.54) is 24.2 Å². The van der Waals surface area contributed by atoms with Crippen molar-refractivity contribution in [3.05, 3.63) is 20.7 Å². The van der Waals surface area contributed by atoms with Gasteiger partial charge in [-0.2, -0.15) is 0 Å². The Bertz CT molecular complexity index is 327. The van der Waals surface area contributed by atoms with Crippen LogP contribution in [0.4, 0.5) is 0 Å². The molecular weight excluding hydrogens is 198 g/mol. The highest BCUT2D eigenvalue weighted by molar-refractivity contribution is 7.07. The lowest BCUT2D eigenvalue weighted by atomic mass is 10.1. The predicted octanol–water partition coefficient (Wildman–Crippen LogP) is 0.278. The number of hydrogen-bond donors (Lipinski definition) is 3. The van der Waals surface area contributed by atoms with Gasteiger partial charge in [-0.3, -0.25) is 4.79 Å². The van der Waals surface area contributed by atoms with Gasteiger partial charge in [-0.1, -0.05) is 11.3 Å². The van der Waals surface area contributed by atoms with Crippen LogP contribution in [-0.4, -0.2) is 24.1 Å². The normalized spacial score (nSPS) is 22.4. The Labute approximate surface area is 86.7 Å². The van der Waals surface area contributed by atoms with Crippen LogP contribution in [0.1, 0.15) is 18.5 Å². The number of nitrogens with one attached hydrogen (secondary N) is 3. The van der Waals surface area contributed by atoms with E-state index in [-0.39, 0.29) is 4.87 Å². The van der Waals surface area contributed by atoms with Crippen molar-refractivity contribution >= 4 is 11.3 Å². The molecule has 78 valence electrons. The zero-order valence-corrected chi connectivity index (χ0v) is 8.82. The van der Waals surface area contributed by atoms with E-state index in [1.54, 1.807) is 0 Å². The molecular formula is C9H15N3OS. The van der Waals surface area contributed by atoms with Gasteiger partial charge in [0.25, 0.3) is 0 Å². The molecule has 1 aromatic heterocycles. The molecule has 0 amide bonds. The summed E-state index contributed by atoms with van der Waals surface area (Å²) in [4.78, 5) is 13.7. The summed E-state index contributed by atoms with van der Waals surface area (Å²) in [7, 11) is 0. The maximum Gasteiger partial charge on any atom is 0.304 e. The molecule has 1 unspecified atom stereocenters. The molecule has 1 aromatic rings. The second-order valence-electron chi connectivity index (χ2n) is 3.60. The molecule has 0 spiro atoms. The quantitative estimate of drug-likeness (QED) is 0.676. The number of H-pyrrole nitrogens is 1. The molecule has 1 saturated heterocycles. The maximum absolute atomic E-state index is 10.9. The van der Waals surface area contributed by atoms with Crippen LogP contribution in [0.5, 0.6) is 0 Å². The lowest BCUT2D eigenvalue weighted by Crippen LogP contribution is -2.42. The second-order valence-corrected chi connectivity index (χ2v) is 4.44. The summed E-state index contributed by atoms with van der Waals surface area (Å²) >= 11 is 1.22. The standard InChI is InChI=1S/C9H15N3OS/c13-9-12-8(6-14-9)5-11-7-2-1-3-10-4-7/h6-7,10-11H,1-5H2,(H,12,13). The van der Waals surface area contributed by atoms with Crippen LogP contribution in [0.25, 0.3) is 0 Å². The van der Waals surface area contributed by atoms with Gasteiger partial charge in [0, 0.05) is 30.2 Å². The summed E-state index contributed by atoms with van der Waals surface area (Å²) in [6.45, 7) is 2.94. The van der Waals surface area contributed by atoms with Crippen LogP contribution in [0, 0.1) is 0 Å². The van der Waals surface area contributed by atoms with Crippen molar-refractivity contribution in [1.82, 2.24) is 15.6 Å². The Morgan fingerprint density at radius 3 is 3.21 bits per heavy atom. The third-order valence-corrected chi connectivity index (χ3v) is 3.17. The Kier molecular flexibility index (Phi) is 3.34. The van der Waals surface area contributed by atoms with Gasteiger partial charge in [-0.05, 0) is 19.4 Å². The second kappa shape index (κ2) is 4.72. The van der Waals surface area contributed by atoms with E-state index in [9.17, 15) is 4.79 Å². The van der Waals surface area contributed by atoms with E-state index in [2.05, 4.69) is 15.6 Å². The fourth-order valence-corrected chi connectivity index (χ4v) is 2.26. The van der Waals surface area contributed by atoms with E-state index >= 15 is 0 Å². The average Bonchev–Trinajstić information content (AvgIpc) is 2.63. The molecule has 1 aliphatic rings. The lowest BCUT2D eigenvalue weighted by molar-refractivity contribution is 0.387. The first-order valence-corrected chi connectivity index (χ1v) is 5.83. The average molecular weight is 213 g/mol. The number of piperidine rings is 1. The maximum atomic E-state index is 10.9. The number of thiazole rings is 1. The molecule has 5 heteroatoms. The van der Waals surface area contributed by atoms with E-state index < -0.39 is 0 Å². The molecule has 0 saturated carbocycles. The topological polar surface area (TPSA) is 56.9 Å². The van der Waals surface area contributed by atoms with Crippen LogP contribution in [0.3, 0.4) is 0 Å². The largest absolute Gasteiger partial charge is 0.315 e. The lowest BCUT2D eigenvalue weighted by Gasteiger charge is -2.23. The van der Waals surface area contributed by atoms with Gasteiger partial charge in [-0.15, -0.1) is 0 Å². The zero-order valence-electron chi connectivity index (χ0n) is 8.01. The molecule has 0 radical (unpaired) electrons. The Hall–Kier alpha value is -0.650. The summed E-state index contributed by atoms with van der Waals surface area (Å²) in [6, 6.07) is 0.548. The monoisotopic (exact) mass is 213 g/mol. The van der Waals surface area contributed by atoms with Crippen molar-refractivity contribution < 1.29 is 0 Å². The summed E-state index contributed by atoms with van der Waals surface area (Å²) in [5.41, 5.74) is 0.991. The highest BCUT2D eigenvalue weighted by Crippen LogP contribution is 2.02. The molecule has 0 aliphatic carbocycles. The van der Waals surface area contributed by atoms with Gasteiger partial charge in [0.1, 0.15) is 0 Å².